The Balaban J connectivity index is 3.67. The molecule has 0 aromatic rings. The van der Waals surface area contributed by atoms with Crippen LogP contribution in [-0.2, 0) is 4.79 Å². The van der Waals surface area contributed by atoms with Crippen LogP contribution in [-0.4, -0.2) is 42.4 Å². The maximum atomic E-state index is 11.7. The maximum Gasteiger partial charge on any atom is 0.405 e. The number of nitrogens with one attached hydrogen (secondary N) is 2. The molecule has 0 bridgehead atoms. The third kappa shape index (κ3) is 8.49. The van der Waals surface area contributed by atoms with Crippen molar-refractivity contribution in [2.24, 2.45) is 0 Å². The smallest absolute Gasteiger partial charge is 0.389 e. The van der Waals surface area contributed by atoms with Gasteiger partial charge in [-0.2, -0.15) is 13.2 Å². The molecule has 16 heavy (non-hydrogen) atoms. The Morgan fingerprint density at radius 3 is 2.31 bits per heavy atom. The van der Waals surface area contributed by atoms with Gasteiger partial charge in [0.2, 0.25) is 5.91 Å². The van der Waals surface area contributed by atoms with Crippen molar-refractivity contribution in [2.45, 2.75) is 32.0 Å². The van der Waals surface area contributed by atoms with E-state index in [0.29, 0.717) is 6.42 Å². The Morgan fingerprint density at radius 1 is 1.31 bits per heavy atom. The SMILES string of the molecule is CCC(C)(O)CNCC(=O)NCC(F)(F)F. The van der Waals surface area contributed by atoms with Crippen molar-refractivity contribution in [2.75, 3.05) is 19.6 Å². The van der Waals surface area contributed by atoms with E-state index in [2.05, 4.69) is 5.32 Å². The molecule has 1 atom stereocenters. The van der Waals surface area contributed by atoms with E-state index in [1.54, 1.807) is 19.2 Å². The Hall–Kier alpha value is -0.820. The summed E-state index contributed by atoms with van der Waals surface area (Å²) in [6, 6.07) is 0. The van der Waals surface area contributed by atoms with Gasteiger partial charge in [-0.25, -0.2) is 0 Å². The number of carbonyl (C=O) groups is 1. The lowest BCUT2D eigenvalue weighted by Crippen LogP contribution is -2.43. The summed E-state index contributed by atoms with van der Waals surface area (Å²) >= 11 is 0. The van der Waals surface area contributed by atoms with Gasteiger partial charge in [-0.15, -0.1) is 0 Å². The van der Waals surface area contributed by atoms with Gasteiger partial charge in [-0.3, -0.25) is 4.79 Å². The van der Waals surface area contributed by atoms with E-state index in [1.165, 1.54) is 0 Å². The van der Waals surface area contributed by atoms with Crippen molar-refractivity contribution in [3.63, 3.8) is 0 Å². The van der Waals surface area contributed by atoms with Crippen LogP contribution < -0.4 is 10.6 Å². The molecule has 3 N–H and O–H groups in total. The highest BCUT2D eigenvalue weighted by Crippen LogP contribution is 2.11. The Morgan fingerprint density at radius 2 is 1.88 bits per heavy atom. The average molecular weight is 242 g/mol. The molecule has 0 rings (SSSR count). The molecule has 4 nitrogen and oxygen atoms in total. The summed E-state index contributed by atoms with van der Waals surface area (Å²) < 4.78 is 35.1. The summed E-state index contributed by atoms with van der Waals surface area (Å²) in [4.78, 5) is 10.9. The summed E-state index contributed by atoms with van der Waals surface area (Å²) in [6.45, 7) is 1.92. The van der Waals surface area contributed by atoms with Gasteiger partial charge in [0.15, 0.2) is 0 Å². The van der Waals surface area contributed by atoms with Crippen LogP contribution in [0.4, 0.5) is 13.2 Å². The standard InChI is InChI=1S/C9H17F3N2O2/c1-3-8(2,16)5-13-4-7(15)14-6-9(10,11)12/h13,16H,3-6H2,1-2H3,(H,14,15). The van der Waals surface area contributed by atoms with E-state index in [4.69, 9.17) is 0 Å². The summed E-state index contributed by atoms with van der Waals surface area (Å²) in [5, 5.41) is 13.8. The molecule has 0 fully saturated rings. The second-order valence-electron chi connectivity index (χ2n) is 3.85. The van der Waals surface area contributed by atoms with Gasteiger partial charge in [-0.1, -0.05) is 6.92 Å². The van der Waals surface area contributed by atoms with Crippen molar-refractivity contribution in [3.8, 4) is 0 Å². The predicted molar refractivity (Wildman–Crippen MR) is 52.8 cm³/mol. The van der Waals surface area contributed by atoms with Crippen molar-refractivity contribution in [1.82, 2.24) is 10.6 Å². The molecule has 1 unspecified atom stereocenters. The Labute approximate surface area is 92.2 Å². The third-order valence-electron chi connectivity index (χ3n) is 2.04. The van der Waals surface area contributed by atoms with Crippen LogP contribution in [0.1, 0.15) is 20.3 Å². The molecule has 0 aromatic carbocycles. The number of rotatable bonds is 6. The first kappa shape index (κ1) is 15.2. The van der Waals surface area contributed by atoms with E-state index in [0.717, 1.165) is 0 Å². The molecule has 0 saturated heterocycles. The molecule has 0 radical (unpaired) electrons. The highest BCUT2D eigenvalue weighted by atomic mass is 19.4. The lowest BCUT2D eigenvalue weighted by molar-refractivity contribution is -0.138. The van der Waals surface area contributed by atoms with E-state index < -0.39 is 24.2 Å². The second-order valence-corrected chi connectivity index (χ2v) is 3.85. The first-order valence-electron chi connectivity index (χ1n) is 4.93. The van der Waals surface area contributed by atoms with Crippen LogP contribution in [0.25, 0.3) is 0 Å². The number of hydrogen-bond donors (Lipinski definition) is 3. The fourth-order valence-corrected chi connectivity index (χ4v) is 0.832. The van der Waals surface area contributed by atoms with Crippen LogP contribution in [0.2, 0.25) is 0 Å². The summed E-state index contributed by atoms with van der Waals surface area (Å²) in [5.41, 5.74) is -0.954. The lowest BCUT2D eigenvalue weighted by Gasteiger charge is -2.21. The molecule has 0 aromatic heterocycles. The largest absolute Gasteiger partial charge is 0.405 e. The normalized spacial score (nSPS) is 15.6. The highest BCUT2D eigenvalue weighted by Gasteiger charge is 2.27. The number of carbonyl (C=O) groups excluding carboxylic acids is 1. The van der Waals surface area contributed by atoms with Gasteiger partial charge in [-0.05, 0) is 13.3 Å². The topological polar surface area (TPSA) is 61.4 Å². The van der Waals surface area contributed by atoms with Crippen LogP contribution >= 0.6 is 0 Å². The average Bonchev–Trinajstić information content (AvgIpc) is 2.13. The molecule has 0 aliphatic heterocycles. The van der Waals surface area contributed by atoms with Crippen LogP contribution in [0.3, 0.4) is 0 Å². The molecular formula is C9H17F3N2O2. The summed E-state index contributed by atoms with van der Waals surface area (Å²) in [5.74, 6) is -0.746. The van der Waals surface area contributed by atoms with E-state index in [1.807, 2.05) is 0 Å². The second kappa shape index (κ2) is 6.05. The van der Waals surface area contributed by atoms with Gasteiger partial charge >= 0.3 is 6.18 Å². The third-order valence-corrected chi connectivity index (χ3v) is 2.04. The van der Waals surface area contributed by atoms with Crippen LogP contribution in [0.15, 0.2) is 0 Å². The number of aliphatic hydroxyl groups is 1. The summed E-state index contributed by atoms with van der Waals surface area (Å²) in [7, 11) is 0. The summed E-state index contributed by atoms with van der Waals surface area (Å²) in [6.07, 6.45) is -3.91. The first-order valence-corrected chi connectivity index (χ1v) is 4.93. The zero-order valence-electron chi connectivity index (χ0n) is 9.32. The van der Waals surface area contributed by atoms with Crippen molar-refractivity contribution >= 4 is 5.91 Å². The number of halogens is 3. The van der Waals surface area contributed by atoms with E-state index >= 15 is 0 Å². The van der Waals surface area contributed by atoms with Gasteiger partial charge < -0.3 is 15.7 Å². The minimum absolute atomic E-state index is 0.156. The lowest BCUT2D eigenvalue weighted by atomic mass is 10.0. The Bertz CT molecular complexity index is 229. The molecule has 0 aliphatic carbocycles. The minimum Gasteiger partial charge on any atom is -0.389 e. The quantitative estimate of drug-likeness (QED) is 0.632. The Kier molecular flexibility index (Phi) is 5.74. The number of amides is 1. The van der Waals surface area contributed by atoms with E-state index in [-0.39, 0.29) is 13.1 Å². The number of alkyl halides is 3. The molecule has 1 amide bonds. The molecule has 96 valence electrons. The van der Waals surface area contributed by atoms with Gasteiger partial charge in [0.25, 0.3) is 0 Å². The minimum atomic E-state index is -4.40. The van der Waals surface area contributed by atoms with E-state index in [9.17, 15) is 23.1 Å². The molecule has 7 heteroatoms. The fraction of sp³-hybridized carbons (Fsp3) is 0.889. The fourth-order valence-electron chi connectivity index (χ4n) is 0.832. The molecule has 0 spiro atoms. The first-order chi connectivity index (χ1) is 7.16. The molecule has 0 aliphatic rings. The van der Waals surface area contributed by atoms with Crippen LogP contribution in [0.5, 0.6) is 0 Å². The predicted octanol–water partition coefficient (Wildman–Crippen LogP) is 0.415. The molecule has 0 heterocycles. The van der Waals surface area contributed by atoms with Gasteiger partial charge in [0.05, 0.1) is 12.1 Å². The van der Waals surface area contributed by atoms with Crippen molar-refractivity contribution in [3.05, 3.63) is 0 Å². The molecular weight excluding hydrogens is 225 g/mol. The van der Waals surface area contributed by atoms with Crippen molar-refractivity contribution in [1.29, 1.82) is 0 Å². The van der Waals surface area contributed by atoms with Gasteiger partial charge in [0.1, 0.15) is 6.54 Å². The van der Waals surface area contributed by atoms with Crippen LogP contribution in [0, 0.1) is 0 Å². The monoisotopic (exact) mass is 242 g/mol. The van der Waals surface area contributed by atoms with Crippen molar-refractivity contribution < 1.29 is 23.1 Å². The zero-order chi connectivity index (χ0) is 12.8. The maximum absolute atomic E-state index is 11.7. The highest BCUT2D eigenvalue weighted by molar-refractivity contribution is 5.78. The van der Waals surface area contributed by atoms with Gasteiger partial charge in [0, 0.05) is 6.54 Å². The number of hydrogen-bond acceptors (Lipinski definition) is 3. The molecule has 0 saturated carbocycles. The zero-order valence-corrected chi connectivity index (χ0v) is 9.32.